The Balaban J connectivity index is 2.10. The number of ether oxygens (including phenoxy) is 3. The summed E-state index contributed by atoms with van der Waals surface area (Å²) >= 11 is 0. The van der Waals surface area contributed by atoms with E-state index in [4.69, 9.17) is 14.2 Å². The van der Waals surface area contributed by atoms with E-state index in [1.807, 2.05) is 6.92 Å². The van der Waals surface area contributed by atoms with Gasteiger partial charge in [-0.25, -0.2) is 0 Å². The van der Waals surface area contributed by atoms with Crippen molar-refractivity contribution in [3.8, 4) is 17.2 Å². The first-order valence-electron chi connectivity index (χ1n) is 8.20. The number of nitrogens with zero attached hydrogens (tertiary/aromatic N) is 2. The number of aromatic nitrogens is 2. The van der Waals surface area contributed by atoms with Crippen LogP contribution in [0, 0.1) is 13.8 Å². The summed E-state index contributed by atoms with van der Waals surface area (Å²) < 4.78 is 17.3. The van der Waals surface area contributed by atoms with Gasteiger partial charge in [0.25, 0.3) is 5.91 Å². The second-order valence-electron chi connectivity index (χ2n) is 5.81. The predicted octanol–water partition coefficient (Wildman–Crippen LogP) is 1.43. The SMILES string of the molecule is COc1cc(OC)c(C(=O)NCC(=O)Nc2c(C)nn(C)c2C)cc1OC. The lowest BCUT2D eigenvalue weighted by Crippen LogP contribution is -2.33. The average molecular weight is 376 g/mol. The Morgan fingerprint density at radius 1 is 1.04 bits per heavy atom. The van der Waals surface area contributed by atoms with Gasteiger partial charge in [0.2, 0.25) is 5.91 Å². The Morgan fingerprint density at radius 3 is 2.15 bits per heavy atom. The van der Waals surface area contributed by atoms with Crippen LogP contribution in [-0.2, 0) is 11.8 Å². The molecule has 0 spiro atoms. The van der Waals surface area contributed by atoms with Crippen LogP contribution >= 0.6 is 0 Å². The molecule has 146 valence electrons. The van der Waals surface area contributed by atoms with Gasteiger partial charge in [-0.3, -0.25) is 14.3 Å². The summed E-state index contributed by atoms with van der Waals surface area (Å²) in [6, 6.07) is 3.05. The molecular formula is C18H24N4O5. The molecule has 2 N–H and O–H groups in total. The zero-order valence-electron chi connectivity index (χ0n) is 16.3. The second kappa shape index (κ2) is 8.43. The smallest absolute Gasteiger partial charge is 0.255 e. The van der Waals surface area contributed by atoms with E-state index in [1.54, 1.807) is 24.7 Å². The minimum absolute atomic E-state index is 0.204. The molecular weight excluding hydrogens is 352 g/mol. The molecule has 0 atom stereocenters. The molecule has 2 amide bonds. The summed E-state index contributed by atoms with van der Waals surface area (Å²) in [4.78, 5) is 24.7. The van der Waals surface area contributed by atoms with Crippen LogP contribution in [0.2, 0.25) is 0 Å². The van der Waals surface area contributed by atoms with Gasteiger partial charge >= 0.3 is 0 Å². The summed E-state index contributed by atoms with van der Waals surface area (Å²) in [6.45, 7) is 3.45. The topological polar surface area (TPSA) is 104 Å². The molecule has 0 aliphatic heterocycles. The van der Waals surface area contributed by atoms with Gasteiger partial charge in [-0.2, -0.15) is 5.10 Å². The summed E-state index contributed by atoms with van der Waals surface area (Å²) in [7, 11) is 6.20. The maximum Gasteiger partial charge on any atom is 0.255 e. The zero-order chi connectivity index (χ0) is 20.1. The predicted molar refractivity (Wildman–Crippen MR) is 99.7 cm³/mol. The van der Waals surface area contributed by atoms with Gasteiger partial charge in [-0.15, -0.1) is 0 Å². The number of benzene rings is 1. The minimum Gasteiger partial charge on any atom is -0.496 e. The minimum atomic E-state index is -0.470. The fourth-order valence-electron chi connectivity index (χ4n) is 2.60. The largest absolute Gasteiger partial charge is 0.496 e. The highest BCUT2D eigenvalue weighted by Gasteiger charge is 2.19. The van der Waals surface area contributed by atoms with Crippen LogP contribution in [0.25, 0.3) is 0 Å². The van der Waals surface area contributed by atoms with Crippen molar-refractivity contribution in [1.29, 1.82) is 0 Å². The molecule has 1 heterocycles. The standard InChI is InChI=1S/C18H24N4O5/c1-10-17(11(2)22(3)21-10)20-16(23)9-19-18(24)12-7-14(26-5)15(27-6)8-13(12)25-4/h7-8H,9H2,1-6H3,(H,19,24)(H,20,23). The first-order chi connectivity index (χ1) is 12.8. The van der Waals surface area contributed by atoms with Crippen LogP contribution in [0.15, 0.2) is 12.1 Å². The molecule has 0 unspecified atom stereocenters. The van der Waals surface area contributed by atoms with Crippen LogP contribution in [0.1, 0.15) is 21.7 Å². The quantitative estimate of drug-likeness (QED) is 0.758. The van der Waals surface area contributed by atoms with Crippen molar-refractivity contribution < 1.29 is 23.8 Å². The van der Waals surface area contributed by atoms with E-state index in [9.17, 15) is 9.59 Å². The number of hydrogen-bond donors (Lipinski definition) is 2. The normalized spacial score (nSPS) is 10.3. The number of aryl methyl sites for hydroxylation is 2. The van der Waals surface area contributed by atoms with Crippen LogP contribution < -0.4 is 24.8 Å². The van der Waals surface area contributed by atoms with Gasteiger partial charge in [0.15, 0.2) is 11.5 Å². The molecule has 2 rings (SSSR count). The fraction of sp³-hybridized carbons (Fsp3) is 0.389. The van der Waals surface area contributed by atoms with E-state index in [0.717, 1.165) is 5.69 Å². The van der Waals surface area contributed by atoms with E-state index in [-0.39, 0.29) is 18.0 Å². The lowest BCUT2D eigenvalue weighted by atomic mass is 10.1. The van der Waals surface area contributed by atoms with E-state index in [2.05, 4.69) is 15.7 Å². The van der Waals surface area contributed by atoms with Gasteiger partial charge in [0.1, 0.15) is 5.75 Å². The number of hydrogen-bond acceptors (Lipinski definition) is 6. The molecule has 0 fully saturated rings. The summed E-state index contributed by atoms with van der Waals surface area (Å²) in [5, 5.41) is 9.57. The summed E-state index contributed by atoms with van der Waals surface area (Å²) in [6.07, 6.45) is 0. The highest BCUT2D eigenvalue weighted by Crippen LogP contribution is 2.34. The lowest BCUT2D eigenvalue weighted by Gasteiger charge is -2.14. The molecule has 0 saturated heterocycles. The fourth-order valence-corrected chi connectivity index (χ4v) is 2.60. The van der Waals surface area contributed by atoms with Crippen LogP contribution in [-0.4, -0.2) is 49.5 Å². The van der Waals surface area contributed by atoms with Crippen molar-refractivity contribution in [3.63, 3.8) is 0 Å². The monoisotopic (exact) mass is 376 g/mol. The van der Waals surface area contributed by atoms with E-state index in [0.29, 0.717) is 28.6 Å². The number of carbonyl (C=O) groups excluding carboxylic acids is 2. The Kier molecular flexibility index (Phi) is 6.27. The number of rotatable bonds is 7. The van der Waals surface area contributed by atoms with E-state index >= 15 is 0 Å². The van der Waals surface area contributed by atoms with Gasteiger partial charge < -0.3 is 24.8 Å². The van der Waals surface area contributed by atoms with Crippen molar-refractivity contribution in [2.45, 2.75) is 13.8 Å². The molecule has 2 aromatic rings. The molecule has 0 saturated carbocycles. The number of amides is 2. The number of carbonyl (C=O) groups is 2. The highest BCUT2D eigenvalue weighted by atomic mass is 16.5. The molecule has 27 heavy (non-hydrogen) atoms. The molecule has 0 aliphatic carbocycles. The van der Waals surface area contributed by atoms with Crippen molar-refractivity contribution >= 4 is 17.5 Å². The summed E-state index contributed by atoms with van der Waals surface area (Å²) in [5.74, 6) is 0.301. The average Bonchev–Trinajstić information content (AvgIpc) is 2.90. The maximum atomic E-state index is 12.5. The first-order valence-corrected chi connectivity index (χ1v) is 8.20. The van der Waals surface area contributed by atoms with Crippen molar-refractivity contribution in [2.75, 3.05) is 33.2 Å². The third kappa shape index (κ3) is 4.30. The van der Waals surface area contributed by atoms with Crippen LogP contribution in [0.5, 0.6) is 17.2 Å². The molecule has 9 nitrogen and oxygen atoms in total. The van der Waals surface area contributed by atoms with Gasteiger partial charge in [-0.05, 0) is 13.8 Å². The Morgan fingerprint density at radius 2 is 1.63 bits per heavy atom. The molecule has 9 heteroatoms. The van der Waals surface area contributed by atoms with Gasteiger partial charge in [0.05, 0.1) is 50.5 Å². The number of methoxy groups -OCH3 is 3. The van der Waals surface area contributed by atoms with Crippen molar-refractivity contribution in [3.05, 3.63) is 29.1 Å². The second-order valence-corrected chi connectivity index (χ2v) is 5.81. The summed E-state index contributed by atoms with van der Waals surface area (Å²) in [5.41, 5.74) is 2.40. The van der Waals surface area contributed by atoms with Gasteiger partial charge in [-0.1, -0.05) is 0 Å². The van der Waals surface area contributed by atoms with Gasteiger partial charge in [0, 0.05) is 19.2 Å². The number of nitrogens with one attached hydrogen (secondary N) is 2. The number of anilines is 1. The Labute approximate surface area is 157 Å². The maximum absolute atomic E-state index is 12.5. The molecule has 0 bridgehead atoms. The zero-order valence-corrected chi connectivity index (χ0v) is 16.3. The molecule has 0 radical (unpaired) electrons. The van der Waals surface area contributed by atoms with Crippen LogP contribution in [0.3, 0.4) is 0 Å². The third-order valence-corrected chi connectivity index (χ3v) is 4.13. The first kappa shape index (κ1) is 20.1. The molecule has 0 aliphatic rings. The highest BCUT2D eigenvalue weighted by molar-refractivity contribution is 6.01. The lowest BCUT2D eigenvalue weighted by molar-refractivity contribution is -0.115. The Bertz CT molecular complexity index is 860. The molecule has 1 aromatic heterocycles. The molecule has 1 aromatic carbocycles. The van der Waals surface area contributed by atoms with Crippen LogP contribution in [0.4, 0.5) is 5.69 Å². The van der Waals surface area contributed by atoms with E-state index < -0.39 is 5.91 Å². The van der Waals surface area contributed by atoms with E-state index in [1.165, 1.54) is 27.4 Å². The Hall–Kier alpha value is -3.23. The third-order valence-electron chi connectivity index (χ3n) is 4.13. The van der Waals surface area contributed by atoms with Crippen molar-refractivity contribution in [2.24, 2.45) is 7.05 Å². The van der Waals surface area contributed by atoms with Crippen molar-refractivity contribution in [1.82, 2.24) is 15.1 Å².